The fourth-order valence-electron chi connectivity index (χ4n) is 2.81. The molecular weight excluding hydrogens is 274 g/mol. The van der Waals surface area contributed by atoms with Crippen molar-refractivity contribution in [2.24, 2.45) is 0 Å². The fourth-order valence-corrected chi connectivity index (χ4v) is 3.12. The van der Waals surface area contributed by atoms with Crippen molar-refractivity contribution in [3.63, 3.8) is 0 Å². The van der Waals surface area contributed by atoms with Crippen LogP contribution >= 0.6 is 11.6 Å². The molecular formula is C15H24ClN3O. The molecule has 4 nitrogen and oxygen atoms in total. The SMILES string of the molecule is CNCc1cccc(Cl)c1N1CCCN(CCO)CC1. The molecule has 0 unspecified atom stereocenters. The fraction of sp³-hybridized carbons (Fsp3) is 0.600. The molecule has 112 valence electrons. The van der Waals surface area contributed by atoms with Gasteiger partial charge in [0.25, 0.3) is 0 Å². The number of rotatable bonds is 5. The van der Waals surface area contributed by atoms with Gasteiger partial charge in [-0.15, -0.1) is 0 Å². The first-order valence-corrected chi connectivity index (χ1v) is 7.64. The maximum absolute atomic E-state index is 9.07. The maximum atomic E-state index is 9.07. The van der Waals surface area contributed by atoms with Crippen LogP contribution in [0.3, 0.4) is 0 Å². The average molecular weight is 298 g/mol. The van der Waals surface area contributed by atoms with Crippen LogP contribution in [0.25, 0.3) is 0 Å². The quantitative estimate of drug-likeness (QED) is 0.865. The molecule has 1 heterocycles. The third kappa shape index (κ3) is 3.85. The number of halogens is 1. The maximum Gasteiger partial charge on any atom is 0.0642 e. The van der Waals surface area contributed by atoms with E-state index in [1.165, 1.54) is 5.56 Å². The largest absolute Gasteiger partial charge is 0.395 e. The summed E-state index contributed by atoms with van der Waals surface area (Å²) in [4.78, 5) is 4.70. The minimum absolute atomic E-state index is 0.233. The molecule has 1 aliphatic heterocycles. The van der Waals surface area contributed by atoms with Gasteiger partial charge in [0.15, 0.2) is 0 Å². The van der Waals surface area contributed by atoms with Crippen LogP contribution in [-0.4, -0.2) is 56.4 Å². The van der Waals surface area contributed by atoms with Crippen molar-refractivity contribution in [2.75, 3.05) is 51.3 Å². The van der Waals surface area contributed by atoms with E-state index in [9.17, 15) is 0 Å². The van der Waals surface area contributed by atoms with Crippen molar-refractivity contribution in [2.45, 2.75) is 13.0 Å². The number of para-hydroxylation sites is 1. The molecule has 0 aliphatic carbocycles. The highest BCUT2D eigenvalue weighted by atomic mass is 35.5. The zero-order chi connectivity index (χ0) is 14.4. The Balaban J connectivity index is 2.14. The second-order valence-electron chi connectivity index (χ2n) is 5.18. The predicted molar refractivity (Wildman–Crippen MR) is 84.6 cm³/mol. The lowest BCUT2D eigenvalue weighted by atomic mass is 10.1. The van der Waals surface area contributed by atoms with Gasteiger partial charge in [0.05, 0.1) is 17.3 Å². The van der Waals surface area contributed by atoms with Crippen LogP contribution in [0.15, 0.2) is 18.2 Å². The average Bonchev–Trinajstić information content (AvgIpc) is 2.66. The minimum Gasteiger partial charge on any atom is -0.395 e. The molecule has 1 aromatic carbocycles. The standard InChI is InChI=1S/C15H24ClN3O/c1-17-12-13-4-2-5-14(16)15(13)19-7-3-6-18(8-9-19)10-11-20/h2,4-5,17,20H,3,6-12H2,1H3. The predicted octanol–water partition coefficient (Wildman–Crippen LogP) is 1.56. The van der Waals surface area contributed by atoms with Crippen LogP contribution in [0.2, 0.25) is 5.02 Å². The van der Waals surface area contributed by atoms with Gasteiger partial charge in [-0.3, -0.25) is 4.90 Å². The summed E-state index contributed by atoms with van der Waals surface area (Å²) in [5.74, 6) is 0. The van der Waals surface area contributed by atoms with Crippen LogP contribution in [0, 0.1) is 0 Å². The van der Waals surface area contributed by atoms with Crippen LogP contribution < -0.4 is 10.2 Å². The normalized spacial score (nSPS) is 17.2. The summed E-state index contributed by atoms with van der Waals surface area (Å²) in [5, 5.41) is 13.1. The van der Waals surface area contributed by atoms with Gasteiger partial charge in [-0.1, -0.05) is 23.7 Å². The Labute approximate surface area is 126 Å². The van der Waals surface area contributed by atoms with E-state index in [0.717, 1.165) is 56.4 Å². The Bertz CT molecular complexity index is 428. The lowest BCUT2D eigenvalue weighted by molar-refractivity contribution is 0.204. The summed E-state index contributed by atoms with van der Waals surface area (Å²) in [6, 6.07) is 6.11. The van der Waals surface area contributed by atoms with Gasteiger partial charge in [-0.25, -0.2) is 0 Å². The van der Waals surface area contributed by atoms with Crippen molar-refractivity contribution in [3.05, 3.63) is 28.8 Å². The van der Waals surface area contributed by atoms with E-state index in [1.807, 2.05) is 19.2 Å². The number of hydrogen-bond acceptors (Lipinski definition) is 4. The molecule has 0 radical (unpaired) electrons. The molecule has 1 saturated heterocycles. The highest BCUT2D eigenvalue weighted by Gasteiger charge is 2.18. The van der Waals surface area contributed by atoms with Crippen molar-refractivity contribution < 1.29 is 5.11 Å². The molecule has 0 saturated carbocycles. The Morgan fingerprint density at radius 3 is 2.85 bits per heavy atom. The third-order valence-electron chi connectivity index (χ3n) is 3.76. The summed E-state index contributed by atoms with van der Waals surface area (Å²) < 4.78 is 0. The van der Waals surface area contributed by atoms with Crippen molar-refractivity contribution in [3.8, 4) is 0 Å². The summed E-state index contributed by atoms with van der Waals surface area (Å²) in [6.45, 7) is 5.82. The number of nitrogens with zero attached hydrogens (tertiary/aromatic N) is 2. The Morgan fingerprint density at radius 1 is 1.25 bits per heavy atom. The second kappa shape index (κ2) is 7.84. The van der Waals surface area contributed by atoms with E-state index in [1.54, 1.807) is 0 Å². The van der Waals surface area contributed by atoms with E-state index >= 15 is 0 Å². The molecule has 0 atom stereocenters. The first-order chi connectivity index (χ1) is 9.76. The van der Waals surface area contributed by atoms with Crippen LogP contribution in [0.4, 0.5) is 5.69 Å². The first-order valence-electron chi connectivity index (χ1n) is 7.26. The lowest BCUT2D eigenvalue weighted by Crippen LogP contribution is -2.33. The number of anilines is 1. The zero-order valence-electron chi connectivity index (χ0n) is 12.1. The van der Waals surface area contributed by atoms with Crippen molar-refractivity contribution in [1.29, 1.82) is 0 Å². The molecule has 0 bridgehead atoms. The van der Waals surface area contributed by atoms with E-state index in [-0.39, 0.29) is 6.61 Å². The van der Waals surface area contributed by atoms with Crippen molar-refractivity contribution >= 4 is 17.3 Å². The number of aliphatic hydroxyl groups excluding tert-OH is 1. The first kappa shape index (κ1) is 15.6. The minimum atomic E-state index is 0.233. The molecule has 0 amide bonds. The number of β-amino-alcohol motifs (C(OH)–C–C–N with tert-alkyl or cyclic N) is 1. The van der Waals surface area contributed by atoms with Gasteiger partial charge in [-0.05, 0) is 31.6 Å². The Hall–Kier alpha value is -0.810. The van der Waals surface area contributed by atoms with Gasteiger partial charge < -0.3 is 15.3 Å². The van der Waals surface area contributed by atoms with E-state index in [2.05, 4.69) is 21.2 Å². The lowest BCUT2D eigenvalue weighted by Gasteiger charge is -2.27. The molecule has 1 aliphatic rings. The molecule has 0 aromatic heterocycles. The number of benzene rings is 1. The van der Waals surface area contributed by atoms with Gasteiger partial charge >= 0.3 is 0 Å². The van der Waals surface area contributed by atoms with E-state index in [0.29, 0.717) is 0 Å². The summed E-state index contributed by atoms with van der Waals surface area (Å²) in [5.41, 5.74) is 2.41. The second-order valence-corrected chi connectivity index (χ2v) is 5.59. The van der Waals surface area contributed by atoms with Crippen molar-refractivity contribution in [1.82, 2.24) is 10.2 Å². The summed E-state index contributed by atoms with van der Waals surface area (Å²) in [7, 11) is 1.95. The molecule has 2 rings (SSSR count). The Morgan fingerprint density at radius 2 is 2.10 bits per heavy atom. The van der Waals surface area contributed by atoms with Gasteiger partial charge in [0.2, 0.25) is 0 Å². The van der Waals surface area contributed by atoms with Gasteiger partial charge in [0.1, 0.15) is 0 Å². The topological polar surface area (TPSA) is 38.7 Å². The number of aliphatic hydroxyl groups is 1. The Kier molecular flexibility index (Phi) is 6.10. The number of hydrogen-bond donors (Lipinski definition) is 2. The van der Waals surface area contributed by atoms with Crippen LogP contribution in [0.1, 0.15) is 12.0 Å². The molecule has 1 fully saturated rings. The molecule has 2 N–H and O–H groups in total. The van der Waals surface area contributed by atoms with Crippen LogP contribution in [0.5, 0.6) is 0 Å². The molecule has 1 aromatic rings. The number of nitrogens with one attached hydrogen (secondary N) is 1. The monoisotopic (exact) mass is 297 g/mol. The van der Waals surface area contributed by atoms with Gasteiger partial charge in [0, 0.05) is 32.7 Å². The molecule has 5 heteroatoms. The highest BCUT2D eigenvalue weighted by molar-refractivity contribution is 6.33. The molecule has 0 spiro atoms. The summed E-state index contributed by atoms with van der Waals surface area (Å²) >= 11 is 6.43. The smallest absolute Gasteiger partial charge is 0.0642 e. The van der Waals surface area contributed by atoms with Crippen LogP contribution in [-0.2, 0) is 6.54 Å². The van der Waals surface area contributed by atoms with Gasteiger partial charge in [-0.2, -0.15) is 0 Å². The van der Waals surface area contributed by atoms with E-state index in [4.69, 9.17) is 16.7 Å². The zero-order valence-corrected chi connectivity index (χ0v) is 12.9. The highest BCUT2D eigenvalue weighted by Crippen LogP contribution is 2.30. The summed E-state index contributed by atoms with van der Waals surface area (Å²) in [6.07, 6.45) is 1.10. The van der Waals surface area contributed by atoms with E-state index < -0.39 is 0 Å². The molecule has 20 heavy (non-hydrogen) atoms. The third-order valence-corrected chi connectivity index (χ3v) is 4.06.